The van der Waals surface area contributed by atoms with Gasteiger partial charge in [0.1, 0.15) is 30.2 Å². The van der Waals surface area contributed by atoms with E-state index in [2.05, 4.69) is 9.97 Å². The summed E-state index contributed by atoms with van der Waals surface area (Å²) in [5.74, 6) is -1.57. The van der Waals surface area contributed by atoms with E-state index in [1.807, 2.05) is 0 Å². The quantitative estimate of drug-likeness (QED) is 0.304. The molecule has 0 amide bonds. The molecule has 0 radical (unpaired) electrons. The summed E-state index contributed by atoms with van der Waals surface area (Å²) in [5, 5.41) is 0.0726. The second kappa shape index (κ2) is 10.1. The first-order chi connectivity index (χ1) is 21.2. The Kier molecular flexibility index (Phi) is 6.14. The maximum Gasteiger partial charge on any atom is 0.417 e. The van der Waals surface area contributed by atoms with Crippen LogP contribution in [0, 0.1) is 18.7 Å². The molecule has 0 unspecified atom stereocenters. The van der Waals surface area contributed by atoms with Gasteiger partial charge in [0.05, 0.1) is 33.1 Å². The minimum Gasteiger partial charge on any atom is -0.461 e. The monoisotopic (exact) mass is 609 g/mol. The second-order valence-corrected chi connectivity index (χ2v) is 11.9. The maximum absolute atomic E-state index is 16.6. The molecule has 0 bridgehead atoms. The fourth-order valence-electron chi connectivity index (χ4n) is 7.09. The number of halogens is 6. The normalized spacial score (nSPS) is 30.1. The Hall–Kier alpha value is -3.32. The summed E-state index contributed by atoms with van der Waals surface area (Å²) in [6, 6.07) is 3.47. The zero-order valence-electron chi connectivity index (χ0n) is 25.2. The molecule has 2 aromatic carbocycles. The molecule has 4 heterocycles. The van der Waals surface area contributed by atoms with Gasteiger partial charge >= 0.3 is 12.2 Å². The van der Waals surface area contributed by atoms with Crippen molar-refractivity contribution in [1.82, 2.24) is 14.9 Å². The van der Waals surface area contributed by atoms with Gasteiger partial charge < -0.3 is 20.1 Å². The van der Waals surface area contributed by atoms with Gasteiger partial charge in [0.25, 0.3) is 0 Å². The van der Waals surface area contributed by atoms with Gasteiger partial charge in [0.15, 0.2) is 5.82 Å². The summed E-state index contributed by atoms with van der Waals surface area (Å²) in [6.45, 7) is -0.235. The molecule has 2 N–H and O–H groups in total. The van der Waals surface area contributed by atoms with Crippen molar-refractivity contribution in [3.05, 3.63) is 41.2 Å². The van der Waals surface area contributed by atoms with E-state index in [-0.39, 0.29) is 55.2 Å². The fraction of sp³-hybridized carbons (Fsp3) is 0.533. The number of anilines is 2. The molecule has 13 heteroatoms. The van der Waals surface area contributed by atoms with E-state index < -0.39 is 76.6 Å². The molecule has 7 nitrogen and oxygen atoms in total. The highest BCUT2D eigenvalue weighted by atomic mass is 19.4. The number of aromatic nitrogens is 2. The van der Waals surface area contributed by atoms with Crippen molar-refractivity contribution in [2.45, 2.75) is 56.3 Å². The third-order valence-electron chi connectivity index (χ3n) is 9.08. The van der Waals surface area contributed by atoms with E-state index in [0.717, 1.165) is 12.1 Å². The van der Waals surface area contributed by atoms with Crippen LogP contribution in [0.25, 0.3) is 22.0 Å². The molecule has 1 aromatic heterocycles. The maximum atomic E-state index is 16.6. The molecule has 43 heavy (non-hydrogen) atoms. The number of fused-ring (bicyclic) bond motifs is 3. The lowest BCUT2D eigenvalue weighted by Gasteiger charge is -2.31. The summed E-state index contributed by atoms with van der Waals surface area (Å²) in [4.78, 5) is 11.9. The van der Waals surface area contributed by atoms with Crippen molar-refractivity contribution >= 4 is 22.4 Å². The van der Waals surface area contributed by atoms with Crippen molar-refractivity contribution in [2.75, 3.05) is 50.0 Å². The van der Waals surface area contributed by atoms with Gasteiger partial charge in [0.2, 0.25) is 0 Å². The number of hydrogen-bond acceptors (Lipinski definition) is 7. The van der Waals surface area contributed by atoms with E-state index >= 15 is 4.39 Å². The average Bonchev–Trinajstić information content (AvgIpc) is 3.30. The summed E-state index contributed by atoms with van der Waals surface area (Å²) in [5.41, 5.74) is 1.94. The van der Waals surface area contributed by atoms with Gasteiger partial charge in [-0.05, 0) is 55.6 Å². The van der Waals surface area contributed by atoms with Gasteiger partial charge in [-0.15, -0.1) is 0 Å². The average molecular weight is 610 g/mol. The van der Waals surface area contributed by atoms with E-state index in [1.54, 1.807) is 9.80 Å². The summed E-state index contributed by atoms with van der Waals surface area (Å²) in [7, 11) is 0. The molecular weight excluding hydrogens is 576 g/mol. The van der Waals surface area contributed by atoms with Crippen molar-refractivity contribution in [1.29, 1.82) is 0 Å². The van der Waals surface area contributed by atoms with E-state index in [9.17, 15) is 22.0 Å². The highest BCUT2D eigenvalue weighted by Crippen LogP contribution is 2.47. The lowest BCUT2D eigenvalue weighted by atomic mass is 9.93. The lowest BCUT2D eigenvalue weighted by Crippen LogP contribution is -2.43. The van der Waals surface area contributed by atoms with Crippen molar-refractivity contribution in [2.24, 2.45) is 5.92 Å². The Balaban J connectivity index is 1.41. The minimum atomic E-state index is -4.83. The smallest absolute Gasteiger partial charge is 0.417 e. The third kappa shape index (κ3) is 4.75. The molecule has 3 saturated heterocycles. The number of nitrogens with zero attached hydrogens (tertiary/aromatic N) is 4. The highest BCUT2D eigenvalue weighted by molar-refractivity contribution is 5.94. The first-order valence-electron chi connectivity index (χ1n) is 15.3. The largest absolute Gasteiger partial charge is 0.461 e. The van der Waals surface area contributed by atoms with Crippen molar-refractivity contribution in [3.63, 3.8) is 0 Å². The molecule has 1 saturated carbocycles. The van der Waals surface area contributed by atoms with Crippen LogP contribution in [-0.4, -0.2) is 78.2 Å². The summed E-state index contributed by atoms with van der Waals surface area (Å²) < 4.78 is 118. The standard InChI is InChI=1S/C30H31F6N5O2/c1-15-9-17(37)10-20(22(15)30(34,35)36)18-3-4-19-25(23(18)32)38-28(43-14-29-5-2-6-40(29)12-16(31)11-29)39-27(19)41-7-8-42-13-21-24(33)26(21)41/h3-4,9-10,16,21,24,26H,2,5-8,11-14,37H2,1H3/t16-,21-,24-,26-,29+/m1/s1/i14D2. The Morgan fingerprint density at radius 2 is 2.00 bits per heavy atom. The van der Waals surface area contributed by atoms with Crippen LogP contribution in [0.3, 0.4) is 0 Å². The number of nitrogen functional groups attached to an aromatic ring is 1. The molecule has 4 aliphatic rings. The lowest BCUT2D eigenvalue weighted by molar-refractivity contribution is -0.137. The van der Waals surface area contributed by atoms with Crippen LogP contribution in [-0.2, 0) is 10.9 Å². The molecule has 3 aromatic rings. The number of alkyl halides is 5. The van der Waals surface area contributed by atoms with Crippen LogP contribution >= 0.6 is 0 Å². The minimum absolute atomic E-state index is 0.00275. The number of rotatable bonds is 5. The summed E-state index contributed by atoms with van der Waals surface area (Å²) >= 11 is 0. The molecule has 4 fully saturated rings. The van der Waals surface area contributed by atoms with E-state index in [1.165, 1.54) is 19.1 Å². The Morgan fingerprint density at radius 3 is 2.79 bits per heavy atom. The van der Waals surface area contributed by atoms with Gasteiger partial charge in [-0.3, -0.25) is 4.90 Å². The van der Waals surface area contributed by atoms with Crippen LogP contribution < -0.4 is 15.4 Å². The van der Waals surface area contributed by atoms with Gasteiger partial charge in [-0.25, -0.2) is 13.2 Å². The van der Waals surface area contributed by atoms with Crippen LogP contribution in [0.4, 0.5) is 37.8 Å². The number of ether oxygens (including phenoxy) is 2. The van der Waals surface area contributed by atoms with Gasteiger partial charge in [-0.1, -0.05) is 6.07 Å². The fourth-order valence-corrected chi connectivity index (χ4v) is 7.09. The number of aryl methyl sites for hydroxylation is 1. The SMILES string of the molecule is [2H]C([2H])(Oc1nc(N2CCOC[C@@H]3[C@@H](F)[C@@H]32)c2ccc(-c3cc(N)cc(C)c3C(F)(F)F)c(F)c2n1)[C@@]12CCCN1C[C@H](F)C2. The van der Waals surface area contributed by atoms with Gasteiger partial charge in [-0.2, -0.15) is 23.1 Å². The molecule has 7 rings (SSSR count). The first kappa shape index (κ1) is 26.1. The van der Waals surface area contributed by atoms with Crippen molar-refractivity contribution in [3.8, 4) is 17.1 Å². The number of benzene rings is 2. The number of hydrogen-bond donors (Lipinski definition) is 1. The van der Waals surface area contributed by atoms with Crippen molar-refractivity contribution < 1.29 is 38.6 Å². The first-order valence-corrected chi connectivity index (χ1v) is 14.3. The molecule has 1 aliphatic carbocycles. The second-order valence-electron chi connectivity index (χ2n) is 11.9. The molecule has 3 aliphatic heterocycles. The summed E-state index contributed by atoms with van der Waals surface area (Å²) in [6.07, 6.45) is -6.55. The molecule has 230 valence electrons. The zero-order valence-corrected chi connectivity index (χ0v) is 23.2. The predicted molar refractivity (Wildman–Crippen MR) is 148 cm³/mol. The highest BCUT2D eigenvalue weighted by Gasteiger charge is 2.56. The number of nitrogens with two attached hydrogens (primary N) is 1. The van der Waals surface area contributed by atoms with Gasteiger partial charge in [0, 0.05) is 42.1 Å². The van der Waals surface area contributed by atoms with Crippen LogP contribution in [0.5, 0.6) is 6.01 Å². The van der Waals surface area contributed by atoms with Crippen LogP contribution in [0.2, 0.25) is 0 Å². The third-order valence-corrected chi connectivity index (χ3v) is 9.08. The van der Waals surface area contributed by atoms with Crippen LogP contribution in [0.15, 0.2) is 24.3 Å². The molecular formula is C30H31F6N5O2. The Morgan fingerprint density at radius 1 is 1.19 bits per heavy atom. The topological polar surface area (TPSA) is 76.7 Å². The van der Waals surface area contributed by atoms with Crippen LogP contribution in [0.1, 0.15) is 33.1 Å². The molecule has 5 atom stereocenters. The zero-order chi connectivity index (χ0) is 32.1. The Bertz CT molecular complexity index is 1680. The van der Waals surface area contributed by atoms with E-state index in [0.29, 0.717) is 19.4 Å². The molecule has 0 spiro atoms. The predicted octanol–water partition coefficient (Wildman–Crippen LogP) is 5.47. The van der Waals surface area contributed by atoms with E-state index in [4.69, 9.17) is 17.9 Å². The Labute approximate surface area is 246 Å².